The molecule has 1 aliphatic heterocycles. The number of halogens is 1. The van der Waals surface area contributed by atoms with E-state index in [0.29, 0.717) is 27.8 Å². The van der Waals surface area contributed by atoms with Gasteiger partial charge in [0, 0.05) is 21.7 Å². The van der Waals surface area contributed by atoms with Gasteiger partial charge >= 0.3 is 5.97 Å². The van der Waals surface area contributed by atoms with Crippen LogP contribution in [-0.4, -0.2) is 12.6 Å². The molecule has 2 N–H and O–H groups in total. The molecule has 3 aromatic carbocycles. The van der Waals surface area contributed by atoms with Crippen LogP contribution in [0.15, 0.2) is 78.2 Å². The standard InChI is InChI=1S/C27H19ClN2O4S/c1-2-32-16-9-7-15(8-10-16)23-18-12-11-17(13-21(18)34-26(30)20(23)14-29)33-27(31)25-24(28)19-5-3-4-6-22(19)35-25/h3-13,23H,2,30H2,1H3. The summed E-state index contributed by atoms with van der Waals surface area (Å²) in [5, 5.41) is 10.9. The van der Waals surface area contributed by atoms with Gasteiger partial charge in [-0.2, -0.15) is 5.26 Å². The monoisotopic (exact) mass is 502 g/mol. The fourth-order valence-electron chi connectivity index (χ4n) is 4.06. The molecule has 0 fully saturated rings. The predicted octanol–water partition coefficient (Wildman–Crippen LogP) is 6.39. The normalized spacial score (nSPS) is 14.7. The van der Waals surface area contributed by atoms with Gasteiger partial charge in [0.1, 0.15) is 33.8 Å². The Hall–Kier alpha value is -3.99. The van der Waals surface area contributed by atoms with Crippen molar-refractivity contribution in [2.24, 2.45) is 5.73 Å². The quantitative estimate of drug-likeness (QED) is 0.251. The second-order valence-corrected chi connectivity index (χ2v) is 9.19. The molecule has 1 atom stereocenters. The van der Waals surface area contributed by atoms with Crippen molar-refractivity contribution in [1.29, 1.82) is 5.26 Å². The maximum atomic E-state index is 12.9. The molecule has 2 heterocycles. The van der Waals surface area contributed by atoms with Crippen LogP contribution in [0.5, 0.6) is 17.2 Å². The van der Waals surface area contributed by atoms with E-state index in [2.05, 4.69) is 6.07 Å². The largest absolute Gasteiger partial charge is 0.494 e. The third-order valence-corrected chi connectivity index (χ3v) is 7.30. The number of fused-ring (bicyclic) bond motifs is 2. The predicted molar refractivity (Wildman–Crippen MR) is 135 cm³/mol. The minimum absolute atomic E-state index is 0.00918. The molecule has 0 bridgehead atoms. The van der Waals surface area contributed by atoms with Gasteiger partial charge in [-0.1, -0.05) is 48.0 Å². The van der Waals surface area contributed by atoms with Crippen molar-refractivity contribution in [1.82, 2.24) is 0 Å². The molecule has 0 aliphatic carbocycles. The number of hydrogen-bond donors (Lipinski definition) is 1. The Kier molecular flexibility index (Phi) is 6.08. The highest BCUT2D eigenvalue weighted by molar-refractivity contribution is 7.21. The summed E-state index contributed by atoms with van der Waals surface area (Å²) >= 11 is 7.70. The van der Waals surface area contributed by atoms with E-state index < -0.39 is 11.9 Å². The number of hydrogen-bond acceptors (Lipinski definition) is 7. The minimum Gasteiger partial charge on any atom is -0.494 e. The first-order valence-corrected chi connectivity index (χ1v) is 12.0. The second kappa shape index (κ2) is 9.34. The smallest absolute Gasteiger partial charge is 0.355 e. The summed E-state index contributed by atoms with van der Waals surface area (Å²) in [7, 11) is 0. The van der Waals surface area contributed by atoms with E-state index in [4.69, 9.17) is 31.5 Å². The van der Waals surface area contributed by atoms with E-state index in [0.717, 1.165) is 27.0 Å². The molecule has 0 saturated carbocycles. The van der Waals surface area contributed by atoms with Crippen LogP contribution >= 0.6 is 22.9 Å². The molecular formula is C27H19ClN2O4S. The number of esters is 1. The Bertz CT molecular complexity index is 1520. The number of carbonyl (C=O) groups excluding carboxylic acids is 1. The zero-order valence-corrected chi connectivity index (χ0v) is 20.2. The first kappa shape index (κ1) is 22.8. The molecule has 174 valence electrons. The molecule has 8 heteroatoms. The maximum absolute atomic E-state index is 12.9. The SMILES string of the molecule is CCOc1ccc(C2C(C#N)=C(N)Oc3cc(OC(=O)c4sc5ccccc5c4Cl)ccc32)cc1. The number of carbonyl (C=O) groups is 1. The summed E-state index contributed by atoms with van der Waals surface area (Å²) < 4.78 is 17.8. The van der Waals surface area contributed by atoms with E-state index in [1.165, 1.54) is 11.3 Å². The number of benzene rings is 3. The fourth-order valence-corrected chi connectivity index (χ4v) is 5.45. The maximum Gasteiger partial charge on any atom is 0.355 e. The molecule has 5 rings (SSSR count). The summed E-state index contributed by atoms with van der Waals surface area (Å²) in [5.74, 6) is 0.447. The van der Waals surface area contributed by atoms with Crippen molar-refractivity contribution in [3.05, 3.63) is 99.2 Å². The number of nitriles is 1. The van der Waals surface area contributed by atoms with Crippen LogP contribution < -0.4 is 19.9 Å². The van der Waals surface area contributed by atoms with Crippen molar-refractivity contribution < 1.29 is 19.0 Å². The molecule has 0 spiro atoms. The van der Waals surface area contributed by atoms with Crippen molar-refractivity contribution in [3.8, 4) is 23.3 Å². The van der Waals surface area contributed by atoms with Crippen molar-refractivity contribution >= 4 is 39.0 Å². The van der Waals surface area contributed by atoms with E-state index in [1.807, 2.05) is 55.5 Å². The van der Waals surface area contributed by atoms with Crippen molar-refractivity contribution in [3.63, 3.8) is 0 Å². The summed E-state index contributed by atoms with van der Waals surface area (Å²) in [6.45, 7) is 2.48. The molecule has 0 radical (unpaired) electrons. The lowest BCUT2D eigenvalue weighted by Crippen LogP contribution is -2.21. The Morgan fingerprint density at radius 2 is 1.89 bits per heavy atom. The van der Waals surface area contributed by atoms with Crippen LogP contribution in [0, 0.1) is 11.3 Å². The van der Waals surface area contributed by atoms with Gasteiger partial charge in [0.25, 0.3) is 0 Å². The van der Waals surface area contributed by atoms with Gasteiger partial charge in [0.15, 0.2) is 0 Å². The number of ether oxygens (including phenoxy) is 3. The van der Waals surface area contributed by atoms with Crippen molar-refractivity contribution in [2.75, 3.05) is 6.61 Å². The fraction of sp³-hybridized carbons (Fsp3) is 0.111. The van der Waals surface area contributed by atoms with Crippen LogP contribution in [0.25, 0.3) is 10.1 Å². The average Bonchev–Trinajstić information content (AvgIpc) is 3.20. The highest BCUT2D eigenvalue weighted by atomic mass is 35.5. The van der Waals surface area contributed by atoms with Crippen LogP contribution in [0.1, 0.15) is 33.6 Å². The lowest BCUT2D eigenvalue weighted by Gasteiger charge is -2.26. The van der Waals surface area contributed by atoms with Gasteiger partial charge in [0.2, 0.25) is 5.88 Å². The van der Waals surface area contributed by atoms with E-state index in [-0.39, 0.29) is 11.6 Å². The van der Waals surface area contributed by atoms with Crippen LogP contribution in [0.2, 0.25) is 5.02 Å². The topological polar surface area (TPSA) is 94.6 Å². The van der Waals surface area contributed by atoms with Gasteiger partial charge in [-0.25, -0.2) is 4.79 Å². The lowest BCUT2D eigenvalue weighted by molar-refractivity contribution is 0.0740. The Labute approximate surface area is 210 Å². The van der Waals surface area contributed by atoms with Crippen LogP contribution in [0.4, 0.5) is 0 Å². The lowest BCUT2D eigenvalue weighted by atomic mass is 9.83. The summed E-state index contributed by atoms with van der Waals surface area (Å²) in [5.41, 5.74) is 8.01. The molecule has 1 aliphatic rings. The molecule has 6 nitrogen and oxygen atoms in total. The van der Waals surface area contributed by atoms with Crippen molar-refractivity contribution in [2.45, 2.75) is 12.8 Å². The minimum atomic E-state index is -0.559. The van der Waals surface area contributed by atoms with Gasteiger partial charge in [-0.15, -0.1) is 11.3 Å². The molecule has 1 unspecified atom stereocenters. The van der Waals surface area contributed by atoms with Gasteiger partial charge < -0.3 is 19.9 Å². The second-order valence-electron chi connectivity index (χ2n) is 7.76. The van der Waals surface area contributed by atoms with Gasteiger partial charge in [0.05, 0.1) is 17.5 Å². The zero-order chi connectivity index (χ0) is 24.5. The number of rotatable bonds is 5. The third kappa shape index (κ3) is 4.18. The van der Waals surface area contributed by atoms with Gasteiger partial charge in [-0.05, 0) is 36.8 Å². The molecule has 0 saturated heterocycles. The molecule has 35 heavy (non-hydrogen) atoms. The highest BCUT2D eigenvalue weighted by Gasteiger charge is 2.31. The molecule has 1 aromatic heterocycles. The summed E-state index contributed by atoms with van der Waals surface area (Å²) in [4.78, 5) is 13.2. The van der Waals surface area contributed by atoms with Crippen LogP contribution in [0.3, 0.4) is 0 Å². The van der Waals surface area contributed by atoms with E-state index >= 15 is 0 Å². The third-order valence-electron chi connectivity index (χ3n) is 5.65. The van der Waals surface area contributed by atoms with Crippen LogP contribution in [-0.2, 0) is 0 Å². The molecule has 0 amide bonds. The Morgan fingerprint density at radius 1 is 1.14 bits per heavy atom. The Morgan fingerprint density at radius 3 is 2.60 bits per heavy atom. The van der Waals surface area contributed by atoms with E-state index in [9.17, 15) is 10.1 Å². The molecule has 4 aromatic rings. The first-order chi connectivity index (χ1) is 17.0. The highest BCUT2D eigenvalue weighted by Crippen LogP contribution is 2.44. The summed E-state index contributed by atoms with van der Waals surface area (Å²) in [6, 6.07) is 22.2. The Balaban J connectivity index is 1.47. The van der Waals surface area contributed by atoms with Gasteiger partial charge in [-0.3, -0.25) is 0 Å². The number of nitrogens with two attached hydrogens (primary N) is 1. The first-order valence-electron chi connectivity index (χ1n) is 10.8. The zero-order valence-electron chi connectivity index (χ0n) is 18.6. The number of thiophene rings is 1. The molecular weight excluding hydrogens is 484 g/mol. The van der Waals surface area contributed by atoms with E-state index in [1.54, 1.807) is 18.2 Å². The average molecular weight is 503 g/mol. The summed E-state index contributed by atoms with van der Waals surface area (Å²) in [6.07, 6.45) is 0. The number of nitrogens with zero attached hydrogens (tertiary/aromatic N) is 1. The number of allylic oxidation sites excluding steroid dienone is 1.